The first kappa shape index (κ1) is 13.5. The average molecular weight is 209 g/mol. The molecule has 1 atom stereocenters. The van der Waals surface area contributed by atoms with Crippen molar-refractivity contribution in [3.05, 3.63) is 12.7 Å². The fourth-order valence-corrected chi connectivity index (χ4v) is 1.59. The molecule has 0 fully saturated rings. The lowest BCUT2D eigenvalue weighted by Crippen LogP contribution is -2.40. The van der Waals surface area contributed by atoms with E-state index in [4.69, 9.17) is 0 Å². The van der Waals surface area contributed by atoms with E-state index in [-0.39, 0.29) is 5.54 Å². The molecule has 0 aromatic heterocycles. The smallest absolute Gasteiger partial charge is 0.129 e. The maximum Gasteiger partial charge on any atom is 0.129 e. The normalized spacial score (nSPS) is 15.6. The number of hydrogen-bond acceptors (Lipinski definition) is 1. The standard InChI is InChI=1S/C12H23NSi/c1-8-9-12(2,13(3)4)10-11-14(5,6)7/h8H,1,9H2,2-7H3. The average Bonchev–Trinajstić information content (AvgIpc) is 2.00. The van der Waals surface area contributed by atoms with E-state index in [0.717, 1.165) is 6.42 Å². The molecule has 80 valence electrons. The number of nitrogens with zero attached hydrogens (tertiary/aromatic N) is 1. The Hall–Kier alpha value is -0.523. The summed E-state index contributed by atoms with van der Waals surface area (Å²) >= 11 is 0. The van der Waals surface area contributed by atoms with Gasteiger partial charge in [0.1, 0.15) is 8.07 Å². The van der Waals surface area contributed by atoms with Crippen molar-refractivity contribution in [2.75, 3.05) is 14.1 Å². The summed E-state index contributed by atoms with van der Waals surface area (Å²) in [5.41, 5.74) is 3.37. The third-order valence-electron chi connectivity index (χ3n) is 2.24. The zero-order chi connectivity index (χ0) is 11.4. The number of hydrogen-bond donors (Lipinski definition) is 0. The van der Waals surface area contributed by atoms with Gasteiger partial charge in [-0.25, -0.2) is 0 Å². The van der Waals surface area contributed by atoms with Crippen LogP contribution >= 0.6 is 0 Å². The van der Waals surface area contributed by atoms with E-state index < -0.39 is 8.07 Å². The Morgan fingerprint density at radius 1 is 1.36 bits per heavy atom. The summed E-state index contributed by atoms with van der Waals surface area (Å²) in [6.07, 6.45) is 2.86. The van der Waals surface area contributed by atoms with Crippen LogP contribution in [0.1, 0.15) is 13.3 Å². The second-order valence-electron chi connectivity index (χ2n) is 5.16. The minimum Gasteiger partial charge on any atom is -0.293 e. The van der Waals surface area contributed by atoms with Gasteiger partial charge in [-0.15, -0.1) is 12.1 Å². The van der Waals surface area contributed by atoms with E-state index in [0.29, 0.717) is 0 Å². The Balaban J connectivity index is 4.83. The van der Waals surface area contributed by atoms with Crippen molar-refractivity contribution < 1.29 is 0 Å². The van der Waals surface area contributed by atoms with Gasteiger partial charge in [0, 0.05) is 0 Å². The van der Waals surface area contributed by atoms with Gasteiger partial charge in [-0.2, -0.15) is 0 Å². The van der Waals surface area contributed by atoms with Crippen LogP contribution in [-0.4, -0.2) is 32.6 Å². The van der Waals surface area contributed by atoms with E-state index in [1.807, 2.05) is 6.08 Å². The summed E-state index contributed by atoms with van der Waals surface area (Å²) in [5.74, 6) is 3.40. The summed E-state index contributed by atoms with van der Waals surface area (Å²) < 4.78 is 0. The van der Waals surface area contributed by atoms with Crippen molar-refractivity contribution in [3.63, 3.8) is 0 Å². The molecule has 14 heavy (non-hydrogen) atoms. The summed E-state index contributed by atoms with van der Waals surface area (Å²) in [5, 5.41) is 0. The van der Waals surface area contributed by atoms with E-state index in [2.05, 4.69) is 63.6 Å². The summed E-state index contributed by atoms with van der Waals surface area (Å²) in [4.78, 5) is 2.17. The largest absolute Gasteiger partial charge is 0.293 e. The highest BCUT2D eigenvalue weighted by Gasteiger charge is 2.23. The molecule has 0 amide bonds. The summed E-state index contributed by atoms with van der Waals surface area (Å²) in [7, 11) is 2.88. The lowest BCUT2D eigenvalue weighted by atomic mass is 9.98. The molecule has 0 aliphatic heterocycles. The van der Waals surface area contributed by atoms with Crippen LogP contribution in [0.2, 0.25) is 19.6 Å². The highest BCUT2D eigenvalue weighted by atomic mass is 28.3. The van der Waals surface area contributed by atoms with Crippen LogP contribution in [0.4, 0.5) is 0 Å². The first-order valence-electron chi connectivity index (χ1n) is 5.04. The third kappa shape index (κ3) is 4.64. The zero-order valence-corrected chi connectivity index (χ0v) is 11.4. The van der Waals surface area contributed by atoms with Crippen molar-refractivity contribution in [1.82, 2.24) is 4.90 Å². The van der Waals surface area contributed by atoms with Crippen LogP contribution in [0.5, 0.6) is 0 Å². The fourth-order valence-electron chi connectivity index (χ4n) is 0.949. The zero-order valence-electron chi connectivity index (χ0n) is 10.4. The number of rotatable bonds is 3. The van der Waals surface area contributed by atoms with Gasteiger partial charge in [0.15, 0.2) is 0 Å². The quantitative estimate of drug-likeness (QED) is 0.392. The molecule has 0 saturated carbocycles. The van der Waals surface area contributed by atoms with Crippen LogP contribution in [-0.2, 0) is 0 Å². The molecule has 0 aliphatic rings. The van der Waals surface area contributed by atoms with Crippen molar-refractivity contribution in [3.8, 4) is 11.5 Å². The predicted molar refractivity (Wildman–Crippen MR) is 68.0 cm³/mol. The Bertz CT molecular complexity index is 252. The molecule has 0 radical (unpaired) electrons. The molecule has 2 heteroatoms. The SMILES string of the molecule is C=CCC(C)(C#C[Si](C)(C)C)N(C)C. The molecule has 0 aromatic carbocycles. The minimum atomic E-state index is -1.26. The lowest BCUT2D eigenvalue weighted by Gasteiger charge is -2.30. The van der Waals surface area contributed by atoms with Crippen molar-refractivity contribution in [2.24, 2.45) is 0 Å². The van der Waals surface area contributed by atoms with Gasteiger partial charge in [0.2, 0.25) is 0 Å². The maximum atomic E-state index is 3.79. The molecule has 0 heterocycles. The van der Waals surface area contributed by atoms with Crippen LogP contribution < -0.4 is 0 Å². The minimum absolute atomic E-state index is 0.0535. The molecule has 0 aromatic rings. The molecule has 0 rings (SSSR count). The van der Waals surface area contributed by atoms with Crippen molar-refractivity contribution in [2.45, 2.75) is 38.5 Å². The van der Waals surface area contributed by atoms with Crippen LogP contribution in [0, 0.1) is 11.5 Å². The fraction of sp³-hybridized carbons (Fsp3) is 0.667. The van der Waals surface area contributed by atoms with Gasteiger partial charge in [-0.3, -0.25) is 4.90 Å². The van der Waals surface area contributed by atoms with Crippen LogP contribution in [0.3, 0.4) is 0 Å². The predicted octanol–water partition coefficient (Wildman–Crippen LogP) is 2.76. The van der Waals surface area contributed by atoms with Gasteiger partial charge in [-0.05, 0) is 27.4 Å². The van der Waals surface area contributed by atoms with Crippen LogP contribution in [0.15, 0.2) is 12.7 Å². The lowest BCUT2D eigenvalue weighted by molar-refractivity contribution is 0.243. The van der Waals surface area contributed by atoms with E-state index in [9.17, 15) is 0 Å². The molecule has 1 unspecified atom stereocenters. The third-order valence-corrected chi connectivity index (χ3v) is 3.11. The van der Waals surface area contributed by atoms with Gasteiger partial charge in [0.25, 0.3) is 0 Å². The van der Waals surface area contributed by atoms with E-state index >= 15 is 0 Å². The molecule has 0 bridgehead atoms. The summed E-state index contributed by atoms with van der Waals surface area (Å²) in [6.45, 7) is 12.8. The second-order valence-corrected chi connectivity index (χ2v) is 9.91. The van der Waals surface area contributed by atoms with E-state index in [1.165, 1.54) is 0 Å². The van der Waals surface area contributed by atoms with Gasteiger partial charge in [-0.1, -0.05) is 31.6 Å². The Morgan fingerprint density at radius 2 is 1.86 bits per heavy atom. The Labute approximate surface area is 90.2 Å². The van der Waals surface area contributed by atoms with Gasteiger partial charge >= 0.3 is 0 Å². The molecule has 0 N–H and O–H groups in total. The van der Waals surface area contributed by atoms with Gasteiger partial charge < -0.3 is 0 Å². The molecule has 0 saturated heterocycles. The Morgan fingerprint density at radius 3 is 2.14 bits per heavy atom. The maximum absolute atomic E-state index is 3.79. The summed E-state index contributed by atoms with van der Waals surface area (Å²) in [6, 6.07) is 0. The van der Waals surface area contributed by atoms with Gasteiger partial charge in [0.05, 0.1) is 5.54 Å². The molecule has 0 spiro atoms. The second kappa shape index (κ2) is 4.81. The molecule has 0 aliphatic carbocycles. The Kier molecular flexibility index (Phi) is 4.63. The highest BCUT2D eigenvalue weighted by Crippen LogP contribution is 2.16. The van der Waals surface area contributed by atoms with Crippen molar-refractivity contribution in [1.29, 1.82) is 0 Å². The monoisotopic (exact) mass is 209 g/mol. The molecular weight excluding hydrogens is 186 g/mol. The van der Waals surface area contributed by atoms with E-state index in [1.54, 1.807) is 0 Å². The first-order valence-corrected chi connectivity index (χ1v) is 8.54. The molecule has 1 nitrogen and oxygen atoms in total. The first-order chi connectivity index (χ1) is 6.21. The topological polar surface area (TPSA) is 3.24 Å². The molecular formula is C12H23NSi. The van der Waals surface area contributed by atoms with Crippen LogP contribution in [0.25, 0.3) is 0 Å². The van der Waals surface area contributed by atoms with Crippen molar-refractivity contribution >= 4 is 8.07 Å². The highest BCUT2D eigenvalue weighted by molar-refractivity contribution is 6.83.